The molecule has 0 aliphatic heterocycles. The van der Waals surface area contributed by atoms with Gasteiger partial charge in [-0.05, 0) is 43.0 Å². The lowest BCUT2D eigenvalue weighted by Gasteiger charge is -2.04. The van der Waals surface area contributed by atoms with Crippen molar-refractivity contribution >= 4 is 39.2 Å². The van der Waals surface area contributed by atoms with Gasteiger partial charge < -0.3 is 9.30 Å². The zero-order chi connectivity index (χ0) is 18.4. The highest BCUT2D eigenvalue weighted by molar-refractivity contribution is 7.98. The third-order valence-electron chi connectivity index (χ3n) is 3.92. The maximum Gasteiger partial charge on any atom is 0.252 e. The third kappa shape index (κ3) is 4.56. The third-order valence-corrected chi connectivity index (χ3v) is 5.57. The van der Waals surface area contributed by atoms with E-state index in [0.29, 0.717) is 13.0 Å². The van der Waals surface area contributed by atoms with Crippen LogP contribution in [0.25, 0.3) is 10.2 Å². The van der Waals surface area contributed by atoms with Crippen LogP contribution in [0.4, 0.5) is 0 Å². The summed E-state index contributed by atoms with van der Waals surface area (Å²) in [4.78, 5) is 17.7. The standard InChI is InChI=1S/C20H22N2O2S2/c1-3-24-16-10-8-15(9-11-16)14-19(23)21-20-22(12-13-25-2)17-6-4-5-7-18(17)26-20/h4-11H,3,12-14H2,1-2H3. The molecule has 3 aromatic rings. The van der Waals surface area contributed by atoms with Crippen LogP contribution in [0.15, 0.2) is 53.5 Å². The van der Waals surface area contributed by atoms with Gasteiger partial charge in [-0.2, -0.15) is 16.8 Å². The number of carbonyl (C=O) groups is 1. The summed E-state index contributed by atoms with van der Waals surface area (Å²) in [7, 11) is 0. The molecular formula is C20H22N2O2S2. The number of hydrogen-bond acceptors (Lipinski definition) is 4. The average molecular weight is 387 g/mol. The van der Waals surface area contributed by atoms with E-state index < -0.39 is 0 Å². The van der Waals surface area contributed by atoms with Gasteiger partial charge in [-0.15, -0.1) is 0 Å². The van der Waals surface area contributed by atoms with Crippen LogP contribution in [0.3, 0.4) is 0 Å². The molecule has 4 nitrogen and oxygen atoms in total. The summed E-state index contributed by atoms with van der Waals surface area (Å²) in [5, 5.41) is 0. The Balaban J connectivity index is 1.85. The smallest absolute Gasteiger partial charge is 0.252 e. The van der Waals surface area contributed by atoms with Gasteiger partial charge in [-0.25, -0.2) is 0 Å². The summed E-state index contributed by atoms with van der Waals surface area (Å²) in [5.74, 6) is 1.68. The first-order valence-corrected chi connectivity index (χ1v) is 10.8. The number of amides is 1. The van der Waals surface area contributed by atoms with Crippen LogP contribution in [-0.4, -0.2) is 29.1 Å². The van der Waals surface area contributed by atoms with E-state index in [1.165, 1.54) is 0 Å². The Bertz CT molecular complexity index is 942. The minimum absolute atomic E-state index is 0.126. The Morgan fingerprint density at radius 2 is 1.96 bits per heavy atom. The van der Waals surface area contributed by atoms with Crippen LogP contribution >= 0.6 is 23.1 Å². The van der Waals surface area contributed by atoms with Crippen LogP contribution in [0, 0.1) is 0 Å². The summed E-state index contributed by atoms with van der Waals surface area (Å²) in [5.41, 5.74) is 2.08. The summed E-state index contributed by atoms with van der Waals surface area (Å²) < 4.78 is 8.74. The number of hydrogen-bond donors (Lipinski definition) is 0. The van der Waals surface area contributed by atoms with Gasteiger partial charge in [0, 0.05) is 12.3 Å². The number of nitrogens with zero attached hydrogens (tertiary/aromatic N) is 2. The monoisotopic (exact) mass is 386 g/mol. The van der Waals surface area contributed by atoms with E-state index in [4.69, 9.17) is 4.74 Å². The van der Waals surface area contributed by atoms with Crippen molar-refractivity contribution in [2.24, 2.45) is 4.99 Å². The summed E-state index contributed by atoms with van der Waals surface area (Å²) in [6.07, 6.45) is 2.38. The van der Waals surface area contributed by atoms with Crippen LogP contribution in [0.2, 0.25) is 0 Å². The molecule has 1 heterocycles. The second kappa shape index (κ2) is 9.05. The van der Waals surface area contributed by atoms with E-state index in [0.717, 1.165) is 38.6 Å². The second-order valence-electron chi connectivity index (χ2n) is 5.76. The van der Waals surface area contributed by atoms with Crippen molar-refractivity contribution in [3.05, 3.63) is 58.9 Å². The maximum atomic E-state index is 12.5. The molecule has 0 fully saturated rings. The van der Waals surface area contributed by atoms with E-state index in [1.807, 2.05) is 43.3 Å². The minimum Gasteiger partial charge on any atom is -0.494 e. The molecular weight excluding hydrogens is 364 g/mol. The number of carbonyl (C=O) groups excluding carboxylic acids is 1. The molecule has 0 spiro atoms. The SMILES string of the molecule is CCOc1ccc(CC(=O)N=c2sc3ccccc3n2CCSC)cc1. The van der Waals surface area contributed by atoms with Crippen molar-refractivity contribution in [2.45, 2.75) is 19.9 Å². The van der Waals surface area contributed by atoms with Crippen LogP contribution in [-0.2, 0) is 17.8 Å². The van der Waals surface area contributed by atoms with Gasteiger partial charge in [0.25, 0.3) is 5.91 Å². The molecule has 3 rings (SSSR count). The number of benzene rings is 2. The van der Waals surface area contributed by atoms with Crippen molar-refractivity contribution in [3.8, 4) is 5.75 Å². The molecule has 1 aromatic heterocycles. The fourth-order valence-electron chi connectivity index (χ4n) is 2.70. The lowest BCUT2D eigenvalue weighted by atomic mass is 10.1. The molecule has 0 aliphatic rings. The van der Waals surface area contributed by atoms with Crippen molar-refractivity contribution < 1.29 is 9.53 Å². The van der Waals surface area contributed by atoms with Gasteiger partial charge in [0.1, 0.15) is 5.75 Å². The molecule has 26 heavy (non-hydrogen) atoms. The fraction of sp³-hybridized carbons (Fsp3) is 0.300. The Morgan fingerprint density at radius 3 is 2.69 bits per heavy atom. The lowest BCUT2D eigenvalue weighted by Crippen LogP contribution is -2.18. The zero-order valence-corrected chi connectivity index (χ0v) is 16.6. The highest BCUT2D eigenvalue weighted by Crippen LogP contribution is 2.17. The average Bonchev–Trinajstić information content (AvgIpc) is 2.98. The lowest BCUT2D eigenvalue weighted by molar-refractivity contribution is -0.117. The van der Waals surface area contributed by atoms with Crippen molar-refractivity contribution in [1.82, 2.24) is 4.57 Å². The normalized spacial score (nSPS) is 11.8. The van der Waals surface area contributed by atoms with Gasteiger partial charge in [0.2, 0.25) is 0 Å². The molecule has 136 valence electrons. The number of fused-ring (bicyclic) bond motifs is 1. The Kier molecular flexibility index (Phi) is 6.52. The molecule has 0 atom stereocenters. The molecule has 2 aromatic carbocycles. The zero-order valence-electron chi connectivity index (χ0n) is 15.0. The predicted molar refractivity (Wildman–Crippen MR) is 110 cm³/mol. The first kappa shape index (κ1) is 18.7. The molecule has 0 radical (unpaired) electrons. The molecule has 0 aliphatic carbocycles. The highest BCUT2D eigenvalue weighted by atomic mass is 32.2. The van der Waals surface area contributed by atoms with Crippen molar-refractivity contribution in [3.63, 3.8) is 0 Å². The van der Waals surface area contributed by atoms with Crippen LogP contribution < -0.4 is 9.54 Å². The first-order valence-electron chi connectivity index (χ1n) is 8.58. The van der Waals surface area contributed by atoms with Gasteiger partial charge in [0.15, 0.2) is 4.80 Å². The second-order valence-corrected chi connectivity index (χ2v) is 7.75. The molecule has 1 amide bonds. The Morgan fingerprint density at radius 1 is 1.19 bits per heavy atom. The summed E-state index contributed by atoms with van der Waals surface area (Å²) in [6.45, 7) is 3.43. The molecule has 0 N–H and O–H groups in total. The summed E-state index contributed by atoms with van der Waals surface area (Å²) in [6, 6.07) is 15.8. The summed E-state index contributed by atoms with van der Waals surface area (Å²) >= 11 is 3.36. The number of aryl methyl sites for hydroxylation is 1. The van der Waals surface area contributed by atoms with E-state index >= 15 is 0 Å². The molecule has 0 saturated carbocycles. The largest absolute Gasteiger partial charge is 0.494 e. The van der Waals surface area contributed by atoms with E-state index in [9.17, 15) is 4.79 Å². The van der Waals surface area contributed by atoms with E-state index in [2.05, 4.69) is 27.9 Å². The van der Waals surface area contributed by atoms with Gasteiger partial charge in [0.05, 0.1) is 23.2 Å². The van der Waals surface area contributed by atoms with Gasteiger partial charge >= 0.3 is 0 Å². The molecule has 0 unspecified atom stereocenters. The maximum absolute atomic E-state index is 12.5. The number of ether oxygens (including phenoxy) is 1. The molecule has 6 heteroatoms. The van der Waals surface area contributed by atoms with Crippen LogP contribution in [0.5, 0.6) is 5.75 Å². The van der Waals surface area contributed by atoms with Crippen molar-refractivity contribution in [1.29, 1.82) is 0 Å². The Hall–Kier alpha value is -2.05. The topological polar surface area (TPSA) is 43.6 Å². The number of thiazole rings is 1. The van der Waals surface area contributed by atoms with Crippen LogP contribution in [0.1, 0.15) is 12.5 Å². The van der Waals surface area contributed by atoms with E-state index in [-0.39, 0.29) is 5.91 Å². The number of para-hydroxylation sites is 1. The molecule has 0 saturated heterocycles. The number of thioether (sulfide) groups is 1. The van der Waals surface area contributed by atoms with Gasteiger partial charge in [-0.3, -0.25) is 4.79 Å². The molecule has 0 bridgehead atoms. The Labute approximate surface area is 161 Å². The van der Waals surface area contributed by atoms with E-state index in [1.54, 1.807) is 23.1 Å². The fourth-order valence-corrected chi connectivity index (χ4v) is 4.13. The number of rotatable bonds is 7. The quantitative estimate of drug-likeness (QED) is 0.613. The highest BCUT2D eigenvalue weighted by Gasteiger charge is 2.08. The van der Waals surface area contributed by atoms with Crippen molar-refractivity contribution in [2.75, 3.05) is 18.6 Å². The number of aromatic nitrogens is 1. The minimum atomic E-state index is -0.126. The predicted octanol–water partition coefficient (Wildman–Crippen LogP) is 4.13. The van der Waals surface area contributed by atoms with Gasteiger partial charge in [-0.1, -0.05) is 35.6 Å². The first-order chi connectivity index (χ1) is 12.7.